The Balaban J connectivity index is 2.16. The van der Waals surface area contributed by atoms with E-state index in [4.69, 9.17) is 9.47 Å². The Morgan fingerprint density at radius 2 is 1.61 bits per heavy atom. The smallest absolute Gasteiger partial charge is 0.254 e. The molecule has 0 radical (unpaired) electrons. The van der Waals surface area contributed by atoms with Crippen LogP contribution in [0.2, 0.25) is 0 Å². The van der Waals surface area contributed by atoms with Gasteiger partial charge in [-0.1, -0.05) is 30.3 Å². The Labute approximate surface area is 137 Å². The summed E-state index contributed by atoms with van der Waals surface area (Å²) in [5.41, 5.74) is 1.69. The van der Waals surface area contributed by atoms with Gasteiger partial charge in [-0.15, -0.1) is 0 Å². The number of rotatable bonds is 7. The van der Waals surface area contributed by atoms with Crippen LogP contribution in [0.25, 0.3) is 0 Å². The van der Waals surface area contributed by atoms with Crippen LogP contribution in [0.5, 0.6) is 11.5 Å². The van der Waals surface area contributed by atoms with Crippen molar-refractivity contribution < 1.29 is 14.3 Å². The molecule has 122 valence electrons. The molecule has 4 heteroatoms. The first-order valence-corrected chi connectivity index (χ1v) is 7.84. The highest BCUT2D eigenvalue weighted by Gasteiger charge is 2.15. The number of carbonyl (C=O) groups is 1. The highest BCUT2D eigenvalue weighted by molar-refractivity contribution is 5.94. The van der Waals surface area contributed by atoms with Gasteiger partial charge in [-0.2, -0.15) is 0 Å². The lowest BCUT2D eigenvalue weighted by molar-refractivity contribution is 0.0784. The van der Waals surface area contributed by atoms with E-state index in [1.165, 1.54) is 0 Å². The van der Waals surface area contributed by atoms with Crippen molar-refractivity contribution in [1.29, 1.82) is 0 Å². The number of carbonyl (C=O) groups excluding carboxylic acids is 1. The van der Waals surface area contributed by atoms with E-state index in [0.717, 1.165) is 5.56 Å². The second kappa shape index (κ2) is 8.22. The van der Waals surface area contributed by atoms with Crippen LogP contribution >= 0.6 is 0 Å². The minimum Gasteiger partial charge on any atom is -0.490 e. The quantitative estimate of drug-likeness (QED) is 0.781. The Kier molecular flexibility index (Phi) is 6.03. The summed E-state index contributed by atoms with van der Waals surface area (Å²) in [4.78, 5) is 14.3. The summed E-state index contributed by atoms with van der Waals surface area (Å²) in [6, 6.07) is 15.2. The molecule has 0 aliphatic rings. The van der Waals surface area contributed by atoms with Gasteiger partial charge in [0, 0.05) is 19.2 Å². The van der Waals surface area contributed by atoms with E-state index in [-0.39, 0.29) is 5.91 Å². The van der Waals surface area contributed by atoms with E-state index in [2.05, 4.69) is 0 Å². The largest absolute Gasteiger partial charge is 0.490 e. The van der Waals surface area contributed by atoms with Crippen molar-refractivity contribution >= 4 is 5.91 Å². The summed E-state index contributed by atoms with van der Waals surface area (Å²) in [6.07, 6.45) is 0. The number of hydrogen-bond acceptors (Lipinski definition) is 3. The van der Waals surface area contributed by atoms with E-state index in [1.807, 2.05) is 44.2 Å². The van der Waals surface area contributed by atoms with Crippen molar-refractivity contribution in [2.45, 2.75) is 20.4 Å². The van der Waals surface area contributed by atoms with Crippen LogP contribution in [0.4, 0.5) is 0 Å². The van der Waals surface area contributed by atoms with Gasteiger partial charge in [0.15, 0.2) is 11.5 Å². The molecule has 0 aromatic heterocycles. The third-order valence-electron chi connectivity index (χ3n) is 3.40. The van der Waals surface area contributed by atoms with E-state index in [9.17, 15) is 4.79 Å². The third-order valence-corrected chi connectivity index (χ3v) is 3.40. The monoisotopic (exact) mass is 313 g/mol. The molecule has 0 spiro atoms. The molecule has 0 heterocycles. The van der Waals surface area contributed by atoms with Crippen LogP contribution in [0.3, 0.4) is 0 Å². The average Bonchev–Trinajstić information content (AvgIpc) is 2.57. The molecule has 4 nitrogen and oxygen atoms in total. The van der Waals surface area contributed by atoms with Gasteiger partial charge < -0.3 is 14.4 Å². The van der Waals surface area contributed by atoms with Gasteiger partial charge in [0.25, 0.3) is 5.91 Å². The topological polar surface area (TPSA) is 38.8 Å². The highest BCUT2D eigenvalue weighted by Crippen LogP contribution is 2.29. The number of nitrogens with zero attached hydrogens (tertiary/aromatic N) is 1. The van der Waals surface area contributed by atoms with Gasteiger partial charge in [0.05, 0.1) is 13.2 Å². The molecule has 0 saturated carbocycles. The molecular weight excluding hydrogens is 290 g/mol. The molecule has 2 aromatic rings. The third kappa shape index (κ3) is 4.49. The maximum Gasteiger partial charge on any atom is 0.254 e. The zero-order valence-corrected chi connectivity index (χ0v) is 13.9. The van der Waals surface area contributed by atoms with Gasteiger partial charge in [-0.25, -0.2) is 0 Å². The van der Waals surface area contributed by atoms with Crippen LogP contribution in [0.15, 0.2) is 48.5 Å². The van der Waals surface area contributed by atoms with E-state index < -0.39 is 0 Å². The zero-order chi connectivity index (χ0) is 16.7. The summed E-state index contributed by atoms with van der Waals surface area (Å²) in [7, 11) is 1.80. The molecule has 0 aliphatic heterocycles. The Morgan fingerprint density at radius 3 is 2.26 bits per heavy atom. The molecule has 2 rings (SSSR count). The fourth-order valence-corrected chi connectivity index (χ4v) is 2.33. The minimum atomic E-state index is -0.0437. The summed E-state index contributed by atoms with van der Waals surface area (Å²) in [6.45, 7) is 5.48. The molecule has 0 unspecified atom stereocenters. The van der Waals surface area contributed by atoms with Crippen molar-refractivity contribution in [2.24, 2.45) is 0 Å². The lowest BCUT2D eigenvalue weighted by Crippen LogP contribution is -2.26. The Morgan fingerprint density at radius 1 is 0.957 bits per heavy atom. The lowest BCUT2D eigenvalue weighted by Gasteiger charge is -2.18. The fraction of sp³-hybridized carbons (Fsp3) is 0.316. The highest BCUT2D eigenvalue weighted by atomic mass is 16.5. The SMILES string of the molecule is CCOc1ccc(C(=O)N(C)Cc2ccccc2)cc1OCC. The number of benzene rings is 2. The van der Waals surface area contributed by atoms with E-state index in [1.54, 1.807) is 30.1 Å². The minimum absolute atomic E-state index is 0.0437. The fourth-order valence-electron chi connectivity index (χ4n) is 2.33. The molecular formula is C19H23NO3. The van der Waals surface area contributed by atoms with Crippen molar-refractivity contribution in [1.82, 2.24) is 4.90 Å². The lowest BCUT2D eigenvalue weighted by atomic mass is 10.1. The van der Waals surface area contributed by atoms with Crippen LogP contribution in [-0.2, 0) is 6.54 Å². The molecule has 0 aliphatic carbocycles. The van der Waals surface area contributed by atoms with Crippen molar-refractivity contribution in [3.63, 3.8) is 0 Å². The first-order valence-electron chi connectivity index (χ1n) is 7.84. The maximum atomic E-state index is 12.6. The van der Waals surface area contributed by atoms with Gasteiger partial charge in [0.1, 0.15) is 0 Å². The van der Waals surface area contributed by atoms with Gasteiger partial charge in [0.2, 0.25) is 0 Å². The van der Waals surface area contributed by atoms with Crippen molar-refractivity contribution in [3.05, 3.63) is 59.7 Å². The summed E-state index contributed by atoms with van der Waals surface area (Å²) >= 11 is 0. The molecule has 0 bridgehead atoms. The second-order valence-electron chi connectivity index (χ2n) is 5.17. The summed E-state index contributed by atoms with van der Waals surface area (Å²) < 4.78 is 11.1. The van der Waals surface area contributed by atoms with Crippen LogP contribution in [0, 0.1) is 0 Å². The van der Waals surface area contributed by atoms with Crippen LogP contribution in [-0.4, -0.2) is 31.1 Å². The standard InChI is InChI=1S/C19H23NO3/c1-4-22-17-12-11-16(13-18(17)23-5-2)19(21)20(3)14-15-9-7-6-8-10-15/h6-13H,4-5,14H2,1-3H3. The molecule has 2 aromatic carbocycles. The molecule has 0 fully saturated rings. The number of ether oxygens (including phenoxy) is 2. The Bertz CT molecular complexity index is 640. The molecule has 23 heavy (non-hydrogen) atoms. The second-order valence-corrected chi connectivity index (χ2v) is 5.17. The normalized spacial score (nSPS) is 10.2. The van der Waals surface area contributed by atoms with Crippen molar-refractivity contribution in [3.8, 4) is 11.5 Å². The Hall–Kier alpha value is -2.49. The van der Waals surface area contributed by atoms with E-state index in [0.29, 0.717) is 36.8 Å². The van der Waals surface area contributed by atoms with Crippen LogP contribution < -0.4 is 9.47 Å². The van der Waals surface area contributed by atoms with Gasteiger partial charge >= 0.3 is 0 Å². The van der Waals surface area contributed by atoms with E-state index >= 15 is 0 Å². The molecule has 0 atom stereocenters. The first kappa shape index (κ1) is 16.9. The first-order chi connectivity index (χ1) is 11.2. The predicted molar refractivity (Wildman–Crippen MR) is 91.0 cm³/mol. The van der Waals surface area contributed by atoms with Crippen LogP contribution in [0.1, 0.15) is 29.8 Å². The molecule has 0 N–H and O–H groups in total. The van der Waals surface area contributed by atoms with Gasteiger partial charge in [-0.05, 0) is 37.6 Å². The molecule has 0 saturated heterocycles. The van der Waals surface area contributed by atoms with Crippen molar-refractivity contribution in [2.75, 3.05) is 20.3 Å². The number of amides is 1. The average molecular weight is 313 g/mol. The maximum absolute atomic E-state index is 12.6. The number of hydrogen-bond donors (Lipinski definition) is 0. The summed E-state index contributed by atoms with van der Waals surface area (Å²) in [5, 5.41) is 0. The van der Waals surface area contributed by atoms with Gasteiger partial charge in [-0.3, -0.25) is 4.79 Å². The predicted octanol–water partition coefficient (Wildman–Crippen LogP) is 3.76. The summed E-state index contributed by atoms with van der Waals surface area (Å²) in [5.74, 6) is 1.22. The molecule has 1 amide bonds. The zero-order valence-electron chi connectivity index (χ0n) is 13.9.